The van der Waals surface area contributed by atoms with Crippen LogP contribution in [0.2, 0.25) is 0 Å². The summed E-state index contributed by atoms with van der Waals surface area (Å²) in [7, 11) is 0. The maximum Gasteiger partial charge on any atom is 0.225 e. The Kier molecular flexibility index (Phi) is 4.37. The highest BCUT2D eigenvalue weighted by molar-refractivity contribution is 7.19. The molecule has 124 valence electrons. The summed E-state index contributed by atoms with van der Waals surface area (Å²) in [5, 5.41) is 10.2. The van der Waals surface area contributed by atoms with E-state index in [4.69, 9.17) is 4.74 Å². The number of allylic oxidation sites excluding steroid dienone is 1. The van der Waals surface area contributed by atoms with Crippen LogP contribution in [-0.2, 0) is 4.74 Å². The lowest BCUT2D eigenvalue weighted by Gasteiger charge is -2.26. The van der Waals surface area contributed by atoms with Crippen molar-refractivity contribution in [1.82, 2.24) is 15.0 Å². The van der Waals surface area contributed by atoms with Crippen LogP contribution in [0.4, 0.5) is 5.95 Å². The lowest BCUT2D eigenvalue weighted by Crippen LogP contribution is -2.37. The smallest absolute Gasteiger partial charge is 0.225 e. The van der Waals surface area contributed by atoms with Crippen LogP contribution in [0.25, 0.3) is 21.9 Å². The number of hydrogen-bond donors (Lipinski definition) is 0. The lowest BCUT2D eigenvalue weighted by atomic mass is 10.2. The summed E-state index contributed by atoms with van der Waals surface area (Å²) in [6.07, 6.45) is 5.26. The molecular weight excluding hydrogens is 334 g/mol. The first-order valence-corrected chi connectivity index (χ1v) is 8.77. The molecule has 3 heterocycles. The molecular formula is C18H15N5OS. The summed E-state index contributed by atoms with van der Waals surface area (Å²) in [6.45, 7) is 2.98. The van der Waals surface area contributed by atoms with Gasteiger partial charge in [-0.15, -0.1) is 11.3 Å². The van der Waals surface area contributed by atoms with Crippen LogP contribution in [0.1, 0.15) is 10.6 Å². The van der Waals surface area contributed by atoms with E-state index in [1.54, 1.807) is 18.5 Å². The molecule has 1 saturated heterocycles. The van der Waals surface area contributed by atoms with E-state index < -0.39 is 0 Å². The summed E-state index contributed by atoms with van der Waals surface area (Å²) >= 11 is 1.51. The molecule has 25 heavy (non-hydrogen) atoms. The number of benzene rings is 1. The van der Waals surface area contributed by atoms with Gasteiger partial charge in [0, 0.05) is 31.0 Å². The van der Waals surface area contributed by atoms with Crippen molar-refractivity contribution in [3.8, 4) is 6.07 Å². The van der Waals surface area contributed by atoms with Gasteiger partial charge in [-0.3, -0.25) is 0 Å². The number of aromatic nitrogens is 3. The Morgan fingerprint density at radius 2 is 1.96 bits per heavy atom. The summed E-state index contributed by atoms with van der Waals surface area (Å²) in [5.74, 6) is 0.693. The van der Waals surface area contributed by atoms with Crippen LogP contribution < -0.4 is 4.90 Å². The van der Waals surface area contributed by atoms with Crippen molar-refractivity contribution >= 4 is 39.2 Å². The monoisotopic (exact) mass is 349 g/mol. The molecule has 0 aliphatic carbocycles. The van der Waals surface area contributed by atoms with Crippen molar-refractivity contribution < 1.29 is 4.74 Å². The highest BCUT2D eigenvalue weighted by Gasteiger charge is 2.13. The number of anilines is 1. The van der Waals surface area contributed by atoms with E-state index in [0.29, 0.717) is 29.7 Å². The van der Waals surface area contributed by atoms with E-state index in [2.05, 4.69) is 25.9 Å². The minimum absolute atomic E-state index is 0.518. The quantitative estimate of drug-likeness (QED) is 0.677. The van der Waals surface area contributed by atoms with Gasteiger partial charge in [-0.1, -0.05) is 12.1 Å². The number of hydrogen-bond acceptors (Lipinski definition) is 7. The average molecular weight is 349 g/mol. The van der Waals surface area contributed by atoms with E-state index in [1.807, 2.05) is 24.3 Å². The minimum atomic E-state index is 0.518. The molecule has 0 N–H and O–H groups in total. The molecule has 0 atom stereocenters. The number of nitrogens with zero attached hydrogens (tertiary/aromatic N) is 5. The maximum atomic E-state index is 9.51. The van der Waals surface area contributed by atoms with Gasteiger partial charge in [0.05, 0.1) is 29.0 Å². The molecule has 1 aliphatic rings. The number of morpholine rings is 1. The fraction of sp³-hybridized carbons (Fsp3) is 0.222. The zero-order chi connectivity index (χ0) is 17.1. The van der Waals surface area contributed by atoms with Gasteiger partial charge in [0.2, 0.25) is 5.95 Å². The Bertz CT molecular complexity index is 919. The van der Waals surface area contributed by atoms with E-state index in [1.165, 1.54) is 11.3 Å². The molecule has 0 unspecified atom stereocenters. The molecule has 2 aromatic heterocycles. The molecule has 0 saturated carbocycles. The second-order valence-electron chi connectivity index (χ2n) is 5.57. The molecule has 4 rings (SSSR count). The third-order valence-corrected chi connectivity index (χ3v) is 4.98. The van der Waals surface area contributed by atoms with E-state index in [-0.39, 0.29) is 0 Å². The fourth-order valence-electron chi connectivity index (χ4n) is 2.63. The SMILES string of the molecule is N#C/C(=C\c1cnc(N2CCOCC2)nc1)c1nc2ccccc2s1. The molecule has 0 bridgehead atoms. The average Bonchev–Trinajstić information content (AvgIpc) is 3.11. The van der Waals surface area contributed by atoms with Crippen molar-refractivity contribution in [1.29, 1.82) is 5.26 Å². The Balaban J connectivity index is 1.60. The predicted molar refractivity (Wildman–Crippen MR) is 98.2 cm³/mol. The van der Waals surface area contributed by atoms with E-state index in [9.17, 15) is 5.26 Å². The van der Waals surface area contributed by atoms with E-state index in [0.717, 1.165) is 28.9 Å². The normalized spacial score (nSPS) is 15.3. The molecule has 0 amide bonds. The number of fused-ring (bicyclic) bond motifs is 1. The van der Waals surface area contributed by atoms with Crippen LogP contribution in [0, 0.1) is 11.3 Å². The van der Waals surface area contributed by atoms with Gasteiger partial charge in [0.15, 0.2) is 0 Å². The first-order chi connectivity index (χ1) is 12.3. The van der Waals surface area contributed by atoms with Crippen molar-refractivity contribution in [3.63, 3.8) is 0 Å². The number of para-hydroxylation sites is 1. The Labute approximate surface area is 149 Å². The van der Waals surface area contributed by atoms with Gasteiger partial charge in [-0.25, -0.2) is 15.0 Å². The number of nitriles is 1. The highest BCUT2D eigenvalue weighted by atomic mass is 32.1. The molecule has 7 heteroatoms. The predicted octanol–water partition coefficient (Wildman–Crippen LogP) is 2.99. The summed E-state index contributed by atoms with van der Waals surface area (Å²) in [5.41, 5.74) is 2.21. The minimum Gasteiger partial charge on any atom is -0.378 e. The number of thiazole rings is 1. The Morgan fingerprint density at radius 3 is 2.68 bits per heavy atom. The number of ether oxygens (including phenoxy) is 1. The molecule has 1 fully saturated rings. The molecule has 0 spiro atoms. The second-order valence-corrected chi connectivity index (χ2v) is 6.60. The van der Waals surface area contributed by atoms with Crippen LogP contribution in [0.3, 0.4) is 0 Å². The van der Waals surface area contributed by atoms with Gasteiger partial charge in [-0.2, -0.15) is 5.26 Å². The van der Waals surface area contributed by atoms with Gasteiger partial charge in [0.25, 0.3) is 0 Å². The van der Waals surface area contributed by atoms with E-state index >= 15 is 0 Å². The Hall–Kier alpha value is -2.82. The topological polar surface area (TPSA) is 74.9 Å². The van der Waals surface area contributed by atoms with Crippen molar-refractivity contribution in [2.24, 2.45) is 0 Å². The summed E-state index contributed by atoms with van der Waals surface area (Å²) < 4.78 is 6.40. The van der Waals surface area contributed by atoms with Crippen molar-refractivity contribution in [3.05, 3.63) is 47.2 Å². The lowest BCUT2D eigenvalue weighted by molar-refractivity contribution is 0.122. The van der Waals surface area contributed by atoms with Crippen molar-refractivity contribution in [2.45, 2.75) is 0 Å². The largest absolute Gasteiger partial charge is 0.378 e. The zero-order valence-electron chi connectivity index (χ0n) is 13.4. The zero-order valence-corrected chi connectivity index (χ0v) is 14.2. The van der Waals surface area contributed by atoms with Crippen LogP contribution in [0.5, 0.6) is 0 Å². The first kappa shape index (κ1) is 15.7. The van der Waals surface area contributed by atoms with Gasteiger partial charge < -0.3 is 9.64 Å². The van der Waals surface area contributed by atoms with Crippen molar-refractivity contribution in [2.75, 3.05) is 31.2 Å². The van der Waals surface area contributed by atoms with Gasteiger partial charge in [0.1, 0.15) is 11.1 Å². The third kappa shape index (κ3) is 3.36. The standard InChI is InChI=1S/C18H15N5OS/c19-10-14(17-22-15-3-1-2-4-16(15)25-17)9-13-11-20-18(21-12-13)23-5-7-24-8-6-23/h1-4,9,11-12H,5-8H2/b14-9+. The fourth-order valence-corrected chi connectivity index (χ4v) is 3.56. The van der Waals surface area contributed by atoms with Crippen LogP contribution >= 0.6 is 11.3 Å². The third-order valence-electron chi connectivity index (χ3n) is 3.91. The molecule has 6 nitrogen and oxygen atoms in total. The van der Waals surface area contributed by atoms with Gasteiger partial charge in [-0.05, 0) is 18.2 Å². The second kappa shape index (κ2) is 6.97. The van der Waals surface area contributed by atoms with Crippen LogP contribution in [-0.4, -0.2) is 41.3 Å². The molecule has 3 aromatic rings. The summed E-state index contributed by atoms with van der Waals surface area (Å²) in [4.78, 5) is 15.5. The highest BCUT2D eigenvalue weighted by Crippen LogP contribution is 2.27. The van der Waals surface area contributed by atoms with Crippen LogP contribution in [0.15, 0.2) is 36.7 Å². The molecule has 0 radical (unpaired) electrons. The Morgan fingerprint density at radius 1 is 1.20 bits per heavy atom. The first-order valence-electron chi connectivity index (χ1n) is 7.96. The maximum absolute atomic E-state index is 9.51. The van der Waals surface area contributed by atoms with Gasteiger partial charge >= 0.3 is 0 Å². The number of rotatable bonds is 3. The summed E-state index contributed by atoms with van der Waals surface area (Å²) in [6, 6.07) is 10.1. The molecule has 1 aromatic carbocycles. The molecule has 1 aliphatic heterocycles.